The van der Waals surface area contributed by atoms with E-state index in [1.54, 1.807) is 0 Å². The second-order valence-corrected chi connectivity index (χ2v) is 6.02. The van der Waals surface area contributed by atoms with E-state index in [-0.39, 0.29) is 18.1 Å². The zero-order valence-corrected chi connectivity index (χ0v) is 12.8. The van der Waals surface area contributed by atoms with Crippen molar-refractivity contribution in [2.24, 2.45) is 0 Å². The molecule has 1 heterocycles. The molecule has 0 saturated carbocycles. The van der Waals surface area contributed by atoms with Gasteiger partial charge in [-0.05, 0) is 29.9 Å². The Morgan fingerprint density at radius 1 is 1.00 bits per heavy atom. The lowest BCUT2D eigenvalue weighted by atomic mass is 9.96. The molecule has 0 aromatic heterocycles. The number of hydrogen-bond acceptors (Lipinski definition) is 2. The number of carbonyl (C=O) groups is 1. The highest BCUT2D eigenvalue weighted by atomic mass is 16.2. The van der Waals surface area contributed by atoms with Gasteiger partial charge in [0.25, 0.3) is 0 Å². The third kappa shape index (κ3) is 3.55. The molecule has 1 fully saturated rings. The van der Waals surface area contributed by atoms with Crippen molar-refractivity contribution in [3.05, 3.63) is 71.8 Å². The maximum Gasteiger partial charge on any atom is 0.238 e. The Labute approximate surface area is 131 Å². The number of nitrogens with one attached hydrogen (secondary N) is 2. The van der Waals surface area contributed by atoms with Crippen molar-refractivity contribution in [1.29, 1.82) is 0 Å². The molecule has 0 aliphatic carbocycles. The molecule has 1 amide bonds. The van der Waals surface area contributed by atoms with E-state index in [2.05, 4.69) is 54.0 Å². The molecule has 0 radical (unpaired) electrons. The Kier molecular flexibility index (Phi) is 4.54. The zero-order chi connectivity index (χ0) is 15.4. The first-order valence-electron chi connectivity index (χ1n) is 7.87. The molecule has 2 unspecified atom stereocenters. The van der Waals surface area contributed by atoms with Crippen molar-refractivity contribution in [3.8, 4) is 0 Å². The highest BCUT2D eigenvalue weighted by Gasteiger charge is 2.31. The number of amides is 1. The summed E-state index contributed by atoms with van der Waals surface area (Å²) in [7, 11) is 0. The molecule has 3 rings (SSSR count). The summed E-state index contributed by atoms with van der Waals surface area (Å²) < 4.78 is 0. The van der Waals surface area contributed by atoms with Crippen LogP contribution in [0.5, 0.6) is 0 Å². The Bertz CT molecular complexity index is 612. The predicted molar refractivity (Wildman–Crippen MR) is 88.5 cm³/mol. The average molecular weight is 294 g/mol. The Balaban J connectivity index is 1.58. The summed E-state index contributed by atoms with van der Waals surface area (Å²) in [4.78, 5) is 12.1. The Morgan fingerprint density at radius 3 is 2.32 bits per heavy atom. The summed E-state index contributed by atoms with van der Waals surface area (Å²) in [6.07, 6.45) is 1.70. The van der Waals surface area contributed by atoms with Gasteiger partial charge in [0.1, 0.15) is 0 Å². The first kappa shape index (κ1) is 14.8. The fourth-order valence-electron chi connectivity index (χ4n) is 3.03. The maximum atomic E-state index is 12.1. The SMILES string of the molecule is CC(CC1NC(=O)[C@H](Cc2ccccc2)N1)c1ccccc1. The highest BCUT2D eigenvalue weighted by Crippen LogP contribution is 2.21. The topological polar surface area (TPSA) is 41.1 Å². The zero-order valence-electron chi connectivity index (χ0n) is 12.8. The van der Waals surface area contributed by atoms with Crippen LogP contribution >= 0.6 is 0 Å². The molecule has 1 aliphatic rings. The lowest BCUT2D eigenvalue weighted by molar-refractivity contribution is -0.120. The van der Waals surface area contributed by atoms with Gasteiger partial charge >= 0.3 is 0 Å². The standard InChI is InChI=1S/C19H22N2O/c1-14(16-10-6-3-7-11-16)12-18-20-17(19(22)21-18)13-15-8-4-2-5-9-15/h2-11,14,17-18,20H,12-13H2,1H3,(H,21,22)/t14?,17-,18?/m0/s1. The van der Waals surface area contributed by atoms with Gasteiger partial charge in [0.15, 0.2) is 0 Å². The molecule has 3 heteroatoms. The van der Waals surface area contributed by atoms with Gasteiger partial charge in [0, 0.05) is 0 Å². The Morgan fingerprint density at radius 2 is 1.64 bits per heavy atom. The maximum absolute atomic E-state index is 12.1. The van der Waals surface area contributed by atoms with Crippen LogP contribution in [0.4, 0.5) is 0 Å². The van der Waals surface area contributed by atoms with Crippen LogP contribution in [0.25, 0.3) is 0 Å². The molecule has 1 aliphatic heterocycles. The van der Waals surface area contributed by atoms with E-state index in [0.717, 1.165) is 12.8 Å². The second kappa shape index (κ2) is 6.75. The molecule has 1 saturated heterocycles. The van der Waals surface area contributed by atoms with Gasteiger partial charge in [-0.3, -0.25) is 10.1 Å². The molecule has 2 aromatic carbocycles. The first-order valence-corrected chi connectivity index (χ1v) is 7.87. The molecular formula is C19H22N2O. The van der Waals surface area contributed by atoms with E-state index in [0.29, 0.717) is 5.92 Å². The predicted octanol–water partition coefficient (Wildman–Crippen LogP) is 2.84. The van der Waals surface area contributed by atoms with E-state index in [1.807, 2.05) is 24.3 Å². The largest absolute Gasteiger partial charge is 0.339 e. The van der Waals surface area contributed by atoms with Crippen LogP contribution in [0.1, 0.15) is 30.4 Å². The molecule has 22 heavy (non-hydrogen) atoms. The summed E-state index contributed by atoms with van der Waals surface area (Å²) in [5.74, 6) is 0.517. The number of rotatable bonds is 5. The van der Waals surface area contributed by atoms with Crippen LogP contribution in [-0.2, 0) is 11.2 Å². The van der Waals surface area contributed by atoms with Crippen LogP contribution in [0.3, 0.4) is 0 Å². The number of carbonyl (C=O) groups excluding carboxylic acids is 1. The molecule has 0 bridgehead atoms. The van der Waals surface area contributed by atoms with E-state index in [9.17, 15) is 4.79 Å². The van der Waals surface area contributed by atoms with Gasteiger partial charge in [-0.15, -0.1) is 0 Å². The summed E-state index contributed by atoms with van der Waals surface area (Å²) in [5.41, 5.74) is 2.50. The fraction of sp³-hybridized carbons (Fsp3) is 0.316. The van der Waals surface area contributed by atoms with E-state index >= 15 is 0 Å². The van der Waals surface area contributed by atoms with Gasteiger partial charge in [0.2, 0.25) is 5.91 Å². The lowest BCUT2D eigenvalue weighted by Gasteiger charge is -2.17. The van der Waals surface area contributed by atoms with E-state index < -0.39 is 0 Å². The summed E-state index contributed by atoms with van der Waals surface area (Å²) in [5, 5.41) is 6.50. The minimum absolute atomic E-state index is 0.0522. The Hall–Kier alpha value is -2.13. The summed E-state index contributed by atoms with van der Waals surface area (Å²) >= 11 is 0. The van der Waals surface area contributed by atoms with Crippen molar-refractivity contribution in [2.75, 3.05) is 0 Å². The summed E-state index contributed by atoms with van der Waals surface area (Å²) in [6, 6.07) is 20.5. The monoisotopic (exact) mass is 294 g/mol. The van der Waals surface area contributed by atoms with Crippen molar-refractivity contribution < 1.29 is 4.79 Å². The number of benzene rings is 2. The van der Waals surface area contributed by atoms with Crippen molar-refractivity contribution >= 4 is 5.91 Å². The van der Waals surface area contributed by atoms with Crippen LogP contribution in [0.2, 0.25) is 0 Å². The smallest absolute Gasteiger partial charge is 0.238 e. The van der Waals surface area contributed by atoms with E-state index in [1.165, 1.54) is 11.1 Å². The van der Waals surface area contributed by atoms with Gasteiger partial charge in [-0.1, -0.05) is 67.6 Å². The van der Waals surface area contributed by atoms with Crippen LogP contribution < -0.4 is 10.6 Å². The van der Waals surface area contributed by atoms with Crippen LogP contribution in [0, 0.1) is 0 Å². The quantitative estimate of drug-likeness (QED) is 0.890. The van der Waals surface area contributed by atoms with Gasteiger partial charge in [0.05, 0.1) is 12.2 Å². The van der Waals surface area contributed by atoms with Gasteiger partial charge in [-0.25, -0.2) is 0 Å². The van der Waals surface area contributed by atoms with Crippen LogP contribution in [-0.4, -0.2) is 18.1 Å². The normalized spacial score (nSPS) is 22.3. The molecule has 114 valence electrons. The number of hydrogen-bond donors (Lipinski definition) is 2. The highest BCUT2D eigenvalue weighted by molar-refractivity contribution is 5.84. The van der Waals surface area contributed by atoms with Crippen molar-refractivity contribution in [1.82, 2.24) is 10.6 Å². The minimum Gasteiger partial charge on any atom is -0.339 e. The van der Waals surface area contributed by atoms with Crippen molar-refractivity contribution in [2.45, 2.75) is 37.9 Å². The average Bonchev–Trinajstić information content (AvgIpc) is 2.88. The third-order valence-corrected chi connectivity index (χ3v) is 4.28. The van der Waals surface area contributed by atoms with Crippen LogP contribution in [0.15, 0.2) is 60.7 Å². The molecule has 0 spiro atoms. The summed E-state index contributed by atoms with van der Waals surface area (Å²) in [6.45, 7) is 2.20. The molecule has 2 aromatic rings. The molecular weight excluding hydrogens is 272 g/mol. The van der Waals surface area contributed by atoms with Gasteiger partial charge < -0.3 is 5.32 Å². The first-order chi connectivity index (χ1) is 10.7. The van der Waals surface area contributed by atoms with Crippen molar-refractivity contribution in [3.63, 3.8) is 0 Å². The lowest BCUT2D eigenvalue weighted by Crippen LogP contribution is -2.35. The molecule has 3 nitrogen and oxygen atoms in total. The fourth-order valence-corrected chi connectivity index (χ4v) is 3.03. The minimum atomic E-state index is -0.129. The van der Waals surface area contributed by atoms with E-state index in [4.69, 9.17) is 0 Å². The second-order valence-electron chi connectivity index (χ2n) is 6.02. The van der Waals surface area contributed by atoms with Gasteiger partial charge in [-0.2, -0.15) is 0 Å². The molecule has 2 N–H and O–H groups in total. The third-order valence-electron chi connectivity index (χ3n) is 4.28. The molecule has 3 atom stereocenters.